The van der Waals surface area contributed by atoms with Crippen molar-refractivity contribution in [3.05, 3.63) is 60.7 Å². The van der Waals surface area contributed by atoms with Crippen LogP contribution in [0.4, 0.5) is 0 Å². The molecule has 5 nitrogen and oxygen atoms in total. The predicted octanol–water partition coefficient (Wildman–Crippen LogP) is 7.13. The zero-order valence-corrected chi connectivity index (χ0v) is 19.4. The fourth-order valence-corrected chi connectivity index (χ4v) is 3.22. The van der Waals surface area contributed by atoms with E-state index in [9.17, 15) is 4.57 Å². The van der Waals surface area contributed by atoms with Gasteiger partial charge in [-0.2, -0.15) is 0 Å². The highest BCUT2D eigenvalue weighted by Gasteiger charge is 2.38. The van der Waals surface area contributed by atoms with Gasteiger partial charge in [-0.15, -0.1) is 0 Å². The summed E-state index contributed by atoms with van der Waals surface area (Å²) in [6.45, 7) is 0. The zero-order valence-electron chi connectivity index (χ0n) is 13.9. The van der Waals surface area contributed by atoms with E-state index in [1.807, 2.05) is 60.7 Å². The van der Waals surface area contributed by atoms with E-state index in [0.29, 0.717) is 0 Å². The van der Waals surface area contributed by atoms with Crippen molar-refractivity contribution in [2.75, 3.05) is 14.2 Å². The molecule has 0 amide bonds. The maximum absolute atomic E-state index is 11.4. The quantitative estimate of drug-likeness (QED) is 0.271. The summed E-state index contributed by atoms with van der Waals surface area (Å²) < 4.78 is 29.3. The van der Waals surface area contributed by atoms with Gasteiger partial charge < -0.3 is 4.74 Å². The Morgan fingerprint density at radius 2 is 1.31 bits per heavy atom. The summed E-state index contributed by atoms with van der Waals surface area (Å²) in [7, 11) is -1.21. The first kappa shape index (κ1) is 23.9. The summed E-state index contributed by atoms with van der Waals surface area (Å²) in [5, 5.41) is -0.936. The lowest BCUT2D eigenvalue weighted by atomic mass is 10.3. The molecule has 1 atom stereocenters. The second-order valence-electron chi connectivity index (χ2n) is 4.50. The summed E-state index contributed by atoms with van der Waals surface area (Å²) in [5.74, 6) is 1.74. The molecule has 144 valence electrons. The van der Waals surface area contributed by atoms with E-state index in [-0.39, 0.29) is 0 Å². The zero-order chi connectivity index (χ0) is 19.6. The van der Waals surface area contributed by atoms with Crippen molar-refractivity contribution in [2.45, 2.75) is 8.26 Å². The molecule has 0 fully saturated rings. The monoisotopic (exact) mass is 548 g/mol. The Morgan fingerprint density at radius 3 is 1.62 bits per heavy atom. The van der Waals surface area contributed by atoms with Gasteiger partial charge in [-0.05, 0) is 40.2 Å². The summed E-state index contributed by atoms with van der Waals surface area (Å²) in [4.78, 5) is 0. The summed E-state index contributed by atoms with van der Waals surface area (Å²) in [6.07, 6.45) is 0. The number of rotatable bonds is 7. The third kappa shape index (κ3) is 9.20. The van der Waals surface area contributed by atoms with E-state index in [0.717, 1.165) is 11.5 Å². The van der Waals surface area contributed by atoms with Gasteiger partial charge >= 0.3 is 7.82 Å². The van der Waals surface area contributed by atoms with E-state index < -0.39 is 16.1 Å². The highest BCUT2D eigenvalue weighted by Crippen LogP contribution is 2.53. The normalized spacial score (nSPS) is 12.7. The number of halogens is 4. The molecular weight excluding hydrogens is 534 g/mol. The van der Waals surface area contributed by atoms with Crippen LogP contribution in [0.15, 0.2) is 60.7 Å². The van der Waals surface area contributed by atoms with Crippen LogP contribution in [0, 0.1) is 0 Å². The molecule has 1 unspecified atom stereocenters. The van der Waals surface area contributed by atoms with Gasteiger partial charge in [0.25, 0.3) is 0 Å². The van der Waals surface area contributed by atoms with Crippen molar-refractivity contribution in [1.29, 1.82) is 0 Å². The molecule has 2 aromatic carbocycles. The molecule has 0 spiro atoms. The Bertz CT molecular complexity index is 641. The minimum absolute atomic E-state index is 0.869. The van der Waals surface area contributed by atoms with Crippen LogP contribution in [-0.4, -0.2) is 22.5 Å². The number of ether oxygens (including phenoxy) is 1. The molecule has 0 saturated carbocycles. The second kappa shape index (κ2) is 11.7. The van der Waals surface area contributed by atoms with Crippen molar-refractivity contribution in [1.82, 2.24) is 0 Å². The van der Waals surface area contributed by atoms with Crippen LogP contribution in [0.3, 0.4) is 0 Å². The van der Waals surface area contributed by atoms with Crippen LogP contribution in [0.25, 0.3) is 0 Å². The number of alkyl halides is 4. The molecule has 0 N–H and O–H groups in total. The first-order valence-corrected chi connectivity index (χ1v) is 11.0. The minimum atomic E-state index is -3.58. The molecular formula is C16H17Br2Cl2O5P. The molecule has 0 aliphatic carbocycles. The first-order valence-electron chi connectivity index (χ1n) is 7.09. The lowest BCUT2D eigenvalue weighted by molar-refractivity contribution is 0.146. The molecule has 2 aromatic rings. The Balaban J connectivity index is 0.000000260. The van der Waals surface area contributed by atoms with Crippen molar-refractivity contribution < 1.29 is 22.9 Å². The largest absolute Gasteiger partial charge is 0.475 e. The fraction of sp³-hybridized carbons (Fsp3) is 0.250. The van der Waals surface area contributed by atoms with Crippen LogP contribution in [0.1, 0.15) is 0 Å². The van der Waals surface area contributed by atoms with Gasteiger partial charge in [0.2, 0.25) is 3.24 Å². The third-order valence-electron chi connectivity index (χ3n) is 2.65. The van der Waals surface area contributed by atoms with Crippen molar-refractivity contribution in [2.24, 2.45) is 0 Å². The topological polar surface area (TPSA) is 54.0 Å². The van der Waals surface area contributed by atoms with E-state index >= 15 is 0 Å². The minimum Gasteiger partial charge on any atom is -0.457 e. The van der Waals surface area contributed by atoms with Gasteiger partial charge in [-0.25, -0.2) is 4.57 Å². The number of phosphoric ester groups is 1. The van der Waals surface area contributed by atoms with Gasteiger partial charge in [0.15, 0.2) is 5.01 Å². The van der Waals surface area contributed by atoms with Crippen LogP contribution < -0.4 is 4.74 Å². The fourth-order valence-electron chi connectivity index (χ4n) is 1.45. The molecule has 0 saturated heterocycles. The lowest BCUT2D eigenvalue weighted by Crippen LogP contribution is -2.21. The van der Waals surface area contributed by atoms with E-state index in [4.69, 9.17) is 32.5 Å². The average molecular weight is 551 g/mol. The standard InChI is InChI=1S/C12H10O.C4H7Br2Cl2O4P/c1-3-7-11(8-4-1)13-12-9-5-2-6-10-12;1-10-13(9,11-2)12-3(5)4(6,7)8/h1-10H;3H,1-2H3. The number of hydrogen-bond donors (Lipinski definition) is 0. The van der Waals surface area contributed by atoms with Crippen LogP contribution in [0.2, 0.25) is 0 Å². The smallest absolute Gasteiger partial charge is 0.457 e. The SMILES string of the molecule is COP(=O)(OC)OC(Br)C(Cl)(Cl)Br.c1ccc(Oc2ccccc2)cc1. The maximum atomic E-state index is 11.4. The highest BCUT2D eigenvalue weighted by atomic mass is 79.9. The molecule has 0 aliphatic heterocycles. The molecule has 0 aliphatic rings. The number of benzene rings is 2. The van der Waals surface area contributed by atoms with Crippen LogP contribution >= 0.6 is 62.9 Å². The molecule has 0 aromatic heterocycles. The molecule has 0 bridgehead atoms. The predicted molar refractivity (Wildman–Crippen MR) is 112 cm³/mol. The Hall–Kier alpha value is -0.110. The summed E-state index contributed by atoms with van der Waals surface area (Å²) >= 11 is 17.0. The molecule has 10 heteroatoms. The Kier molecular flexibility index (Phi) is 10.7. The van der Waals surface area contributed by atoms with E-state index in [2.05, 4.69) is 40.9 Å². The Morgan fingerprint density at radius 1 is 0.923 bits per heavy atom. The average Bonchev–Trinajstić information content (AvgIpc) is 2.63. The third-order valence-corrected chi connectivity index (χ3v) is 7.13. The van der Waals surface area contributed by atoms with E-state index in [1.165, 1.54) is 14.2 Å². The van der Waals surface area contributed by atoms with Crippen molar-refractivity contribution in [3.8, 4) is 11.5 Å². The van der Waals surface area contributed by atoms with Gasteiger partial charge in [0, 0.05) is 14.2 Å². The van der Waals surface area contributed by atoms with E-state index in [1.54, 1.807) is 0 Å². The van der Waals surface area contributed by atoms with Crippen molar-refractivity contribution in [3.63, 3.8) is 0 Å². The molecule has 2 rings (SSSR count). The highest BCUT2D eigenvalue weighted by molar-refractivity contribution is 9.13. The summed E-state index contributed by atoms with van der Waals surface area (Å²) in [5.41, 5.74) is 0. The van der Waals surface area contributed by atoms with Crippen LogP contribution in [-0.2, 0) is 18.1 Å². The molecule has 26 heavy (non-hydrogen) atoms. The lowest BCUT2D eigenvalue weighted by Gasteiger charge is -2.22. The van der Waals surface area contributed by atoms with Gasteiger partial charge in [0.05, 0.1) is 0 Å². The Labute approximate surface area is 179 Å². The maximum Gasteiger partial charge on any atom is 0.475 e. The van der Waals surface area contributed by atoms with Gasteiger partial charge in [0.1, 0.15) is 11.5 Å². The van der Waals surface area contributed by atoms with Gasteiger partial charge in [-0.3, -0.25) is 13.6 Å². The molecule has 0 heterocycles. The van der Waals surface area contributed by atoms with Crippen molar-refractivity contribution >= 4 is 62.9 Å². The number of hydrogen-bond acceptors (Lipinski definition) is 5. The number of para-hydroxylation sites is 2. The summed E-state index contributed by atoms with van der Waals surface area (Å²) in [6, 6.07) is 19.5. The first-order chi connectivity index (χ1) is 12.2. The van der Waals surface area contributed by atoms with Crippen LogP contribution in [0.5, 0.6) is 11.5 Å². The molecule has 0 radical (unpaired) electrons. The second-order valence-corrected chi connectivity index (χ2v) is 10.7. The van der Waals surface area contributed by atoms with Gasteiger partial charge in [-0.1, -0.05) is 75.5 Å². The number of phosphoric acid groups is 1.